The number of carbonyl (C=O) groups excluding carboxylic acids is 1. The number of rotatable bonds is 7. The van der Waals surface area contributed by atoms with Gasteiger partial charge < -0.3 is 4.90 Å². The van der Waals surface area contributed by atoms with Gasteiger partial charge in [0, 0.05) is 30.1 Å². The van der Waals surface area contributed by atoms with Crippen LogP contribution >= 0.6 is 35.1 Å². The van der Waals surface area contributed by atoms with Crippen LogP contribution in [0, 0.1) is 17.0 Å². The summed E-state index contributed by atoms with van der Waals surface area (Å²) in [5, 5.41) is 11.5. The van der Waals surface area contributed by atoms with E-state index in [1.807, 2.05) is 38.1 Å². The maximum Gasteiger partial charge on any atom is 0.324 e. The number of hydrogen-bond donors (Lipinski definition) is 0. The first-order chi connectivity index (χ1) is 13.3. The van der Waals surface area contributed by atoms with Crippen molar-refractivity contribution in [1.82, 2.24) is 9.88 Å². The number of fused-ring (bicyclic) bond motifs is 1. The second-order valence-corrected chi connectivity index (χ2v) is 8.63. The smallest absolute Gasteiger partial charge is 0.308 e. The minimum absolute atomic E-state index is 0. The van der Waals surface area contributed by atoms with E-state index in [1.54, 1.807) is 17.0 Å². The first-order valence-corrected chi connectivity index (χ1v) is 10.2. The van der Waals surface area contributed by atoms with Gasteiger partial charge in [0.05, 0.1) is 15.1 Å². The molecule has 0 N–H and O–H groups in total. The molecular weight excluding hydrogens is 432 g/mol. The van der Waals surface area contributed by atoms with Crippen LogP contribution in [0.15, 0.2) is 36.4 Å². The molecule has 0 aliphatic heterocycles. The first-order valence-electron chi connectivity index (χ1n) is 8.59. The lowest BCUT2D eigenvalue weighted by Crippen LogP contribution is -2.35. The third-order valence-corrected chi connectivity index (χ3v) is 6.03. The summed E-state index contributed by atoms with van der Waals surface area (Å²) in [4.78, 5) is 32.2. The molecular formula is C19H21ClN4O3S2. The molecule has 3 aromatic rings. The normalized spacial score (nSPS) is 11.2. The first kappa shape index (κ1) is 23.0. The lowest BCUT2D eigenvalue weighted by atomic mass is 10.2. The Labute approximate surface area is 182 Å². The Hall–Kier alpha value is -2.33. The fraction of sp³-hybridized carbons (Fsp3) is 0.263. The van der Waals surface area contributed by atoms with E-state index < -0.39 is 4.92 Å². The number of nitro groups is 1. The molecule has 0 saturated carbocycles. The van der Waals surface area contributed by atoms with Crippen molar-refractivity contribution in [3.8, 4) is 0 Å². The van der Waals surface area contributed by atoms with Crippen molar-refractivity contribution in [1.29, 1.82) is 0 Å². The van der Waals surface area contributed by atoms with Crippen LogP contribution in [0.5, 0.6) is 0 Å². The van der Waals surface area contributed by atoms with Crippen molar-refractivity contribution < 1.29 is 9.72 Å². The summed E-state index contributed by atoms with van der Waals surface area (Å²) in [6.07, 6.45) is 3.06. The zero-order chi connectivity index (χ0) is 20.3. The molecule has 29 heavy (non-hydrogen) atoms. The quantitative estimate of drug-likeness (QED) is 0.297. The van der Waals surface area contributed by atoms with E-state index in [-0.39, 0.29) is 23.3 Å². The fourth-order valence-electron chi connectivity index (χ4n) is 2.51. The predicted octanol–water partition coefficient (Wildman–Crippen LogP) is 4.60. The maximum absolute atomic E-state index is 12.9. The van der Waals surface area contributed by atoms with Crippen molar-refractivity contribution in [2.45, 2.75) is 6.92 Å². The van der Waals surface area contributed by atoms with Gasteiger partial charge in [-0.1, -0.05) is 28.7 Å². The number of nitrogens with zero attached hydrogens (tertiary/aromatic N) is 4. The summed E-state index contributed by atoms with van der Waals surface area (Å²) >= 11 is 2.52. The van der Waals surface area contributed by atoms with Crippen molar-refractivity contribution in [2.75, 3.05) is 32.1 Å². The van der Waals surface area contributed by atoms with Gasteiger partial charge in [0.15, 0.2) is 5.13 Å². The van der Waals surface area contributed by atoms with Gasteiger partial charge in [-0.25, -0.2) is 4.98 Å². The number of thiophene rings is 1. The molecule has 0 spiro atoms. The average molecular weight is 453 g/mol. The van der Waals surface area contributed by atoms with Gasteiger partial charge in [0.2, 0.25) is 0 Å². The molecule has 0 saturated heterocycles. The molecule has 1 amide bonds. The number of thiazole rings is 1. The maximum atomic E-state index is 12.9. The Morgan fingerprint density at radius 1 is 1.21 bits per heavy atom. The second-order valence-electron chi connectivity index (χ2n) is 6.53. The highest BCUT2D eigenvalue weighted by Crippen LogP contribution is 2.30. The lowest BCUT2D eigenvalue weighted by molar-refractivity contribution is -0.380. The molecule has 2 heterocycles. The van der Waals surface area contributed by atoms with Crippen molar-refractivity contribution >= 4 is 67.4 Å². The van der Waals surface area contributed by atoms with Crippen LogP contribution in [-0.4, -0.2) is 47.9 Å². The van der Waals surface area contributed by atoms with Gasteiger partial charge in [0.1, 0.15) is 0 Å². The fourth-order valence-corrected chi connectivity index (χ4v) is 4.33. The number of aryl methyl sites for hydroxylation is 1. The predicted molar refractivity (Wildman–Crippen MR) is 123 cm³/mol. The van der Waals surface area contributed by atoms with Gasteiger partial charge in [-0.3, -0.25) is 19.8 Å². The highest BCUT2D eigenvalue weighted by Gasteiger charge is 2.18. The molecule has 0 unspecified atom stereocenters. The number of aromatic nitrogens is 1. The Balaban J connectivity index is 0.00000300. The zero-order valence-electron chi connectivity index (χ0n) is 16.2. The average Bonchev–Trinajstić information content (AvgIpc) is 3.26. The van der Waals surface area contributed by atoms with E-state index in [0.717, 1.165) is 27.1 Å². The van der Waals surface area contributed by atoms with E-state index in [4.69, 9.17) is 0 Å². The van der Waals surface area contributed by atoms with Gasteiger partial charge in [-0.05, 0) is 50.9 Å². The van der Waals surface area contributed by atoms with E-state index in [1.165, 1.54) is 23.5 Å². The summed E-state index contributed by atoms with van der Waals surface area (Å²) in [7, 11) is 3.90. The minimum Gasteiger partial charge on any atom is -0.308 e. The summed E-state index contributed by atoms with van der Waals surface area (Å²) in [6.45, 7) is 3.22. The van der Waals surface area contributed by atoms with E-state index >= 15 is 0 Å². The largest absolute Gasteiger partial charge is 0.324 e. The number of likely N-dealkylation sites (N-methyl/N-ethyl adjacent to an activating group) is 1. The SMILES string of the molecule is Cc1ccc2nc(N(CCN(C)C)C(=O)C=Cc3ccc([N+](=O)[O-])s3)sc2c1.Cl. The summed E-state index contributed by atoms with van der Waals surface area (Å²) in [6, 6.07) is 9.10. The number of anilines is 1. The van der Waals surface area contributed by atoms with Crippen molar-refractivity contribution in [2.24, 2.45) is 0 Å². The summed E-state index contributed by atoms with van der Waals surface area (Å²) in [5.74, 6) is -0.200. The third-order valence-electron chi connectivity index (χ3n) is 3.98. The Kier molecular flexibility index (Phi) is 7.86. The Morgan fingerprint density at radius 2 is 1.97 bits per heavy atom. The van der Waals surface area contributed by atoms with Crippen LogP contribution in [0.25, 0.3) is 16.3 Å². The van der Waals surface area contributed by atoms with Crippen LogP contribution in [0.1, 0.15) is 10.4 Å². The molecule has 2 aromatic heterocycles. The monoisotopic (exact) mass is 452 g/mol. The Morgan fingerprint density at radius 3 is 2.62 bits per heavy atom. The molecule has 0 aliphatic rings. The number of benzene rings is 1. The van der Waals surface area contributed by atoms with Gasteiger partial charge in [-0.15, -0.1) is 12.4 Å². The molecule has 0 fully saturated rings. The van der Waals surface area contributed by atoms with Crippen LogP contribution < -0.4 is 4.90 Å². The number of halogens is 1. The van der Waals surface area contributed by atoms with Gasteiger partial charge in [-0.2, -0.15) is 0 Å². The zero-order valence-corrected chi connectivity index (χ0v) is 18.6. The van der Waals surface area contributed by atoms with Gasteiger partial charge >= 0.3 is 5.00 Å². The van der Waals surface area contributed by atoms with E-state index in [0.29, 0.717) is 23.1 Å². The topological polar surface area (TPSA) is 79.6 Å². The van der Waals surface area contributed by atoms with Gasteiger partial charge in [0.25, 0.3) is 5.91 Å². The third kappa shape index (κ3) is 5.83. The lowest BCUT2D eigenvalue weighted by Gasteiger charge is -2.20. The van der Waals surface area contributed by atoms with E-state index in [2.05, 4.69) is 11.1 Å². The molecule has 154 valence electrons. The second kappa shape index (κ2) is 9.93. The number of hydrogen-bond acceptors (Lipinski definition) is 7. The van der Waals surface area contributed by atoms with Crippen LogP contribution in [0.2, 0.25) is 0 Å². The molecule has 10 heteroatoms. The standard InChI is InChI=1S/C19H20N4O3S2.ClH/c1-13-4-7-15-16(12-13)28-19(20-15)22(11-10-21(2)3)17(24)8-5-14-6-9-18(27-14)23(25)26;/h4-9,12H,10-11H2,1-3H3;1H. The molecule has 0 bridgehead atoms. The molecule has 1 aromatic carbocycles. The van der Waals surface area contributed by atoms with Crippen LogP contribution in [-0.2, 0) is 4.79 Å². The number of amides is 1. The molecule has 7 nitrogen and oxygen atoms in total. The highest BCUT2D eigenvalue weighted by molar-refractivity contribution is 7.22. The summed E-state index contributed by atoms with van der Waals surface area (Å²) in [5.41, 5.74) is 2.01. The minimum atomic E-state index is -0.434. The van der Waals surface area contributed by atoms with Crippen molar-refractivity contribution in [3.05, 3.63) is 57.0 Å². The summed E-state index contributed by atoms with van der Waals surface area (Å²) < 4.78 is 1.04. The highest BCUT2D eigenvalue weighted by atomic mass is 35.5. The molecule has 3 rings (SSSR count). The Bertz CT molecular complexity index is 1050. The molecule has 0 aliphatic carbocycles. The van der Waals surface area contributed by atoms with Crippen LogP contribution in [0.3, 0.4) is 0 Å². The molecule has 0 radical (unpaired) electrons. The molecule has 0 atom stereocenters. The van der Waals surface area contributed by atoms with Crippen LogP contribution in [0.4, 0.5) is 10.1 Å². The van der Waals surface area contributed by atoms with Crippen molar-refractivity contribution in [3.63, 3.8) is 0 Å². The number of carbonyl (C=O) groups is 1. The van der Waals surface area contributed by atoms with E-state index in [9.17, 15) is 14.9 Å².